The molecule has 6 rings (SSSR count). The molecule has 3 saturated carbocycles. The molecule has 4 aliphatic carbocycles. The third kappa shape index (κ3) is 2.86. The summed E-state index contributed by atoms with van der Waals surface area (Å²) < 4.78 is 0. The molecule has 0 nitrogen and oxygen atoms in total. The van der Waals surface area contributed by atoms with Gasteiger partial charge in [-0.2, -0.15) is 0 Å². The van der Waals surface area contributed by atoms with Crippen LogP contribution in [0.3, 0.4) is 0 Å². The topological polar surface area (TPSA) is 0 Å². The normalized spacial score (nSPS) is 35.1. The van der Waals surface area contributed by atoms with Crippen LogP contribution in [0.4, 0.5) is 0 Å². The number of hydrogen-bond donors (Lipinski definition) is 0. The molecule has 3 fully saturated rings. The van der Waals surface area contributed by atoms with Crippen molar-refractivity contribution in [1.29, 1.82) is 0 Å². The Morgan fingerprint density at radius 3 is 2.54 bits per heavy atom. The fourth-order valence-electron chi connectivity index (χ4n) is 7.94. The molecule has 1 radical (unpaired) electrons. The first-order valence-electron chi connectivity index (χ1n) is 12.3. The molecule has 4 aliphatic rings. The van der Waals surface area contributed by atoms with Crippen molar-refractivity contribution in [3.05, 3.63) is 47.0 Å². The van der Waals surface area contributed by atoms with Crippen LogP contribution in [0.15, 0.2) is 24.3 Å². The van der Waals surface area contributed by atoms with Crippen molar-refractivity contribution in [2.24, 2.45) is 23.7 Å². The predicted octanol–water partition coefficient (Wildman–Crippen LogP) is 7.62. The largest absolute Gasteiger partial charge is 0.0581 e. The standard InChI is InChI=1S/C28H35/c1-3-8-23-19(6-1)12-13-21-18-22(15-16-26(21)23)25-10-5-11-27-24-9-4-2-7-20(24)14-17-28(25)27/h12-13,15-16,20,24-25,27-28H,1-11,14,17H2. The van der Waals surface area contributed by atoms with E-state index in [-0.39, 0.29) is 0 Å². The van der Waals surface area contributed by atoms with Crippen LogP contribution in [0.2, 0.25) is 0 Å². The fraction of sp³-hybridized carbons (Fsp3) is 0.643. The van der Waals surface area contributed by atoms with Gasteiger partial charge in [0.15, 0.2) is 0 Å². The quantitative estimate of drug-likeness (QED) is 0.483. The number of rotatable bonds is 1. The van der Waals surface area contributed by atoms with E-state index >= 15 is 0 Å². The highest BCUT2D eigenvalue weighted by Crippen LogP contribution is 2.55. The van der Waals surface area contributed by atoms with Gasteiger partial charge in [0.05, 0.1) is 0 Å². The number of hydrogen-bond acceptors (Lipinski definition) is 0. The molecular weight excluding hydrogens is 336 g/mol. The molecule has 0 bridgehead atoms. The Bertz CT molecular complexity index is 862. The Balaban J connectivity index is 1.33. The summed E-state index contributed by atoms with van der Waals surface area (Å²) >= 11 is 0. The third-order valence-corrected chi connectivity index (χ3v) is 9.19. The minimum Gasteiger partial charge on any atom is -0.0581 e. The van der Waals surface area contributed by atoms with Crippen LogP contribution in [-0.4, -0.2) is 0 Å². The van der Waals surface area contributed by atoms with E-state index in [0.29, 0.717) is 0 Å². The van der Waals surface area contributed by atoms with Crippen molar-refractivity contribution < 1.29 is 0 Å². The number of aryl methyl sites for hydroxylation is 2. The molecule has 0 heteroatoms. The SMILES string of the molecule is [c]1c(C2CCCC3C4CCCCC4CCC23)ccc2c3c(ccc12)CCCC3. The van der Waals surface area contributed by atoms with Gasteiger partial charge in [0.2, 0.25) is 0 Å². The lowest BCUT2D eigenvalue weighted by Gasteiger charge is -2.51. The summed E-state index contributed by atoms with van der Waals surface area (Å²) in [6.07, 6.45) is 18.7. The van der Waals surface area contributed by atoms with Gasteiger partial charge >= 0.3 is 0 Å². The van der Waals surface area contributed by atoms with Crippen LogP contribution in [0.25, 0.3) is 10.8 Å². The van der Waals surface area contributed by atoms with Gasteiger partial charge in [-0.25, -0.2) is 0 Å². The van der Waals surface area contributed by atoms with Crippen LogP contribution in [0.5, 0.6) is 0 Å². The van der Waals surface area contributed by atoms with E-state index in [1.165, 1.54) is 94.2 Å². The van der Waals surface area contributed by atoms with Gasteiger partial charge in [0.25, 0.3) is 0 Å². The van der Waals surface area contributed by atoms with Crippen molar-refractivity contribution in [2.75, 3.05) is 0 Å². The van der Waals surface area contributed by atoms with Crippen molar-refractivity contribution >= 4 is 10.8 Å². The molecule has 147 valence electrons. The van der Waals surface area contributed by atoms with Gasteiger partial charge in [-0.1, -0.05) is 49.9 Å². The van der Waals surface area contributed by atoms with Gasteiger partial charge < -0.3 is 0 Å². The van der Waals surface area contributed by atoms with Crippen molar-refractivity contribution in [3.63, 3.8) is 0 Å². The third-order valence-electron chi connectivity index (χ3n) is 9.19. The summed E-state index contributed by atoms with van der Waals surface area (Å²) in [6, 6.07) is 13.7. The monoisotopic (exact) mass is 371 g/mol. The minimum atomic E-state index is 0.780. The van der Waals surface area contributed by atoms with Crippen LogP contribution >= 0.6 is 0 Å². The fourth-order valence-corrected chi connectivity index (χ4v) is 7.94. The summed E-state index contributed by atoms with van der Waals surface area (Å²) in [5.74, 6) is 4.87. The number of fused-ring (bicyclic) bond motifs is 6. The summed E-state index contributed by atoms with van der Waals surface area (Å²) in [4.78, 5) is 0. The molecule has 2 aromatic carbocycles. The van der Waals surface area contributed by atoms with Gasteiger partial charge in [-0.15, -0.1) is 0 Å². The van der Waals surface area contributed by atoms with E-state index in [0.717, 1.165) is 29.6 Å². The summed E-state index contributed by atoms with van der Waals surface area (Å²) in [7, 11) is 0. The van der Waals surface area contributed by atoms with Crippen LogP contribution in [0.1, 0.15) is 93.2 Å². The van der Waals surface area contributed by atoms with Crippen molar-refractivity contribution in [3.8, 4) is 0 Å². The lowest BCUT2D eigenvalue weighted by Crippen LogP contribution is -2.41. The zero-order valence-electron chi connectivity index (χ0n) is 17.4. The Hall–Kier alpha value is -1.30. The van der Waals surface area contributed by atoms with Crippen LogP contribution < -0.4 is 0 Å². The molecule has 5 atom stereocenters. The Kier molecular flexibility index (Phi) is 4.51. The average molecular weight is 372 g/mol. The molecular formula is C28H35. The van der Waals surface area contributed by atoms with Gasteiger partial charge in [0, 0.05) is 0 Å². The summed E-state index contributed by atoms with van der Waals surface area (Å²) in [5.41, 5.74) is 4.79. The Labute approximate surface area is 171 Å². The van der Waals surface area contributed by atoms with Crippen LogP contribution in [0, 0.1) is 29.7 Å². The number of benzene rings is 2. The molecule has 5 unspecified atom stereocenters. The van der Waals surface area contributed by atoms with E-state index in [1.54, 1.807) is 16.7 Å². The first kappa shape index (κ1) is 17.5. The smallest absolute Gasteiger partial charge is 0.00612 e. The predicted molar refractivity (Wildman–Crippen MR) is 118 cm³/mol. The van der Waals surface area contributed by atoms with E-state index < -0.39 is 0 Å². The summed E-state index contributed by atoms with van der Waals surface area (Å²) in [6.45, 7) is 0. The molecule has 0 amide bonds. The van der Waals surface area contributed by atoms with Crippen molar-refractivity contribution in [2.45, 2.75) is 89.4 Å². The van der Waals surface area contributed by atoms with E-state index in [4.69, 9.17) is 0 Å². The second kappa shape index (κ2) is 7.19. The first-order chi connectivity index (χ1) is 13.9. The first-order valence-corrected chi connectivity index (χ1v) is 12.3. The molecule has 28 heavy (non-hydrogen) atoms. The maximum Gasteiger partial charge on any atom is -0.00612 e. The average Bonchev–Trinajstić information content (AvgIpc) is 2.78. The van der Waals surface area contributed by atoms with Gasteiger partial charge in [-0.3, -0.25) is 0 Å². The van der Waals surface area contributed by atoms with Crippen molar-refractivity contribution in [1.82, 2.24) is 0 Å². The lowest BCUT2D eigenvalue weighted by molar-refractivity contribution is 0.0159. The highest BCUT2D eigenvalue weighted by atomic mass is 14.5. The molecule has 0 aromatic heterocycles. The highest BCUT2D eigenvalue weighted by Gasteiger charge is 2.44. The maximum atomic E-state index is 3.95. The lowest BCUT2D eigenvalue weighted by atomic mass is 9.54. The Morgan fingerprint density at radius 1 is 0.643 bits per heavy atom. The molecule has 0 aliphatic heterocycles. The second-order valence-corrected chi connectivity index (χ2v) is 10.4. The molecule has 2 aromatic rings. The molecule has 0 saturated heterocycles. The second-order valence-electron chi connectivity index (χ2n) is 10.4. The molecule has 0 spiro atoms. The molecule has 0 N–H and O–H groups in total. The van der Waals surface area contributed by atoms with E-state index in [1.807, 2.05) is 0 Å². The maximum absolute atomic E-state index is 3.95. The van der Waals surface area contributed by atoms with E-state index in [2.05, 4.69) is 30.3 Å². The minimum absolute atomic E-state index is 0.780. The zero-order valence-corrected chi connectivity index (χ0v) is 17.4. The van der Waals surface area contributed by atoms with E-state index in [9.17, 15) is 0 Å². The Morgan fingerprint density at radius 2 is 1.54 bits per heavy atom. The summed E-state index contributed by atoms with van der Waals surface area (Å²) in [5, 5.41) is 2.90. The van der Waals surface area contributed by atoms with Gasteiger partial charge in [-0.05, 0) is 121 Å². The van der Waals surface area contributed by atoms with Crippen LogP contribution in [-0.2, 0) is 12.8 Å². The zero-order chi connectivity index (χ0) is 18.5. The highest BCUT2D eigenvalue weighted by molar-refractivity contribution is 5.87. The van der Waals surface area contributed by atoms with Gasteiger partial charge in [0.1, 0.15) is 0 Å². The molecule has 0 heterocycles.